The standard InChI is InChI=1S/C27H39N7O/c1-5-27(3,4)34-25(29-30-31-34)24(22-18-20-17-19(2)11-12-23(20)28-26(22)35)33-15-13-32(14-16-33)21-9-7-6-8-10-21/h11-12,17-18,21,24H,5-10,13-16H2,1-4H3,(H,28,35)/t24-/m0/s1. The van der Waals surface area contributed by atoms with Crippen molar-refractivity contribution in [1.82, 2.24) is 35.0 Å². The van der Waals surface area contributed by atoms with Gasteiger partial charge in [-0.15, -0.1) is 5.10 Å². The van der Waals surface area contributed by atoms with Crippen molar-refractivity contribution >= 4 is 10.9 Å². The number of aryl methyl sites for hydroxylation is 1. The number of H-pyrrole nitrogens is 1. The van der Waals surface area contributed by atoms with Crippen LogP contribution >= 0.6 is 0 Å². The Balaban J connectivity index is 1.54. The van der Waals surface area contributed by atoms with Crippen molar-refractivity contribution in [1.29, 1.82) is 0 Å². The van der Waals surface area contributed by atoms with Gasteiger partial charge in [-0.25, -0.2) is 4.68 Å². The van der Waals surface area contributed by atoms with Gasteiger partial charge in [-0.3, -0.25) is 14.6 Å². The van der Waals surface area contributed by atoms with E-state index in [9.17, 15) is 4.79 Å². The van der Waals surface area contributed by atoms with Gasteiger partial charge in [-0.1, -0.05) is 37.8 Å². The Labute approximate surface area is 207 Å². The van der Waals surface area contributed by atoms with Gasteiger partial charge in [0.25, 0.3) is 5.56 Å². The molecule has 3 aromatic rings. The molecule has 2 aliphatic rings. The SMILES string of the molecule is CCC(C)(C)n1nnnc1[C@H](c1cc2cc(C)ccc2[nH]c1=O)N1CCN(C2CCCCC2)CC1. The number of rotatable bonds is 6. The van der Waals surface area contributed by atoms with Crippen LogP contribution in [-0.2, 0) is 5.54 Å². The summed E-state index contributed by atoms with van der Waals surface area (Å²) in [5, 5.41) is 14.1. The zero-order valence-electron chi connectivity index (χ0n) is 21.6. The van der Waals surface area contributed by atoms with Gasteiger partial charge in [0.05, 0.1) is 5.54 Å². The van der Waals surface area contributed by atoms with Crippen molar-refractivity contribution in [2.45, 2.75) is 83.8 Å². The summed E-state index contributed by atoms with van der Waals surface area (Å²) in [7, 11) is 0. The Kier molecular flexibility index (Phi) is 6.77. The van der Waals surface area contributed by atoms with E-state index in [0.29, 0.717) is 6.04 Å². The lowest BCUT2D eigenvalue weighted by atomic mass is 9.93. The maximum Gasteiger partial charge on any atom is 0.253 e. The number of piperazine rings is 1. The molecule has 1 aliphatic carbocycles. The highest BCUT2D eigenvalue weighted by molar-refractivity contribution is 5.79. The minimum atomic E-state index is -0.294. The second-order valence-corrected chi connectivity index (χ2v) is 11.0. The van der Waals surface area contributed by atoms with Crippen LogP contribution in [0.2, 0.25) is 0 Å². The summed E-state index contributed by atoms with van der Waals surface area (Å²) in [6.07, 6.45) is 7.59. The smallest absolute Gasteiger partial charge is 0.253 e. The molecule has 188 valence electrons. The van der Waals surface area contributed by atoms with Gasteiger partial charge in [0.1, 0.15) is 6.04 Å². The number of aromatic amines is 1. The van der Waals surface area contributed by atoms with E-state index in [1.54, 1.807) is 0 Å². The number of benzene rings is 1. The van der Waals surface area contributed by atoms with Crippen LogP contribution in [0.5, 0.6) is 0 Å². The molecule has 1 atom stereocenters. The quantitative estimate of drug-likeness (QED) is 0.578. The van der Waals surface area contributed by atoms with E-state index >= 15 is 0 Å². The third-order valence-electron chi connectivity index (χ3n) is 8.30. The van der Waals surface area contributed by atoms with Gasteiger partial charge in [0.2, 0.25) is 0 Å². The highest BCUT2D eigenvalue weighted by Crippen LogP contribution is 2.32. The van der Waals surface area contributed by atoms with Crippen LogP contribution in [0.1, 0.15) is 82.3 Å². The molecule has 2 fully saturated rings. The minimum absolute atomic E-state index is 0.0649. The first-order valence-corrected chi connectivity index (χ1v) is 13.3. The molecule has 1 saturated carbocycles. The summed E-state index contributed by atoms with van der Waals surface area (Å²) < 4.78 is 1.94. The van der Waals surface area contributed by atoms with Crippen molar-refractivity contribution in [3.8, 4) is 0 Å². The maximum atomic E-state index is 13.5. The third-order valence-corrected chi connectivity index (χ3v) is 8.30. The van der Waals surface area contributed by atoms with E-state index in [4.69, 9.17) is 0 Å². The van der Waals surface area contributed by atoms with Gasteiger partial charge in [0, 0.05) is 43.3 Å². The largest absolute Gasteiger partial charge is 0.322 e. The zero-order valence-corrected chi connectivity index (χ0v) is 21.6. The van der Waals surface area contributed by atoms with Crippen LogP contribution in [0.4, 0.5) is 0 Å². The van der Waals surface area contributed by atoms with E-state index in [2.05, 4.69) is 70.1 Å². The number of aromatic nitrogens is 5. The first-order chi connectivity index (χ1) is 16.9. The molecule has 5 rings (SSSR count). The van der Waals surface area contributed by atoms with Crippen LogP contribution in [-0.4, -0.2) is 67.2 Å². The lowest BCUT2D eigenvalue weighted by Crippen LogP contribution is -2.52. The van der Waals surface area contributed by atoms with E-state index in [1.807, 2.05) is 16.8 Å². The summed E-state index contributed by atoms with van der Waals surface area (Å²) >= 11 is 0. The number of hydrogen-bond donors (Lipinski definition) is 1. The van der Waals surface area contributed by atoms with Gasteiger partial charge in [-0.05, 0) is 74.0 Å². The Morgan fingerprint density at radius 2 is 1.83 bits per heavy atom. The fourth-order valence-corrected chi connectivity index (χ4v) is 5.80. The first-order valence-electron chi connectivity index (χ1n) is 13.3. The predicted molar refractivity (Wildman–Crippen MR) is 139 cm³/mol. The van der Waals surface area contributed by atoms with Gasteiger partial charge >= 0.3 is 0 Å². The number of nitrogens with zero attached hydrogens (tertiary/aromatic N) is 6. The van der Waals surface area contributed by atoms with Gasteiger partial charge in [-0.2, -0.15) is 0 Å². The molecule has 35 heavy (non-hydrogen) atoms. The Morgan fingerprint density at radius 1 is 1.09 bits per heavy atom. The number of tetrazole rings is 1. The highest BCUT2D eigenvalue weighted by Gasteiger charge is 2.36. The molecule has 0 bridgehead atoms. The average Bonchev–Trinajstić information content (AvgIpc) is 3.36. The number of fused-ring (bicyclic) bond motifs is 1. The lowest BCUT2D eigenvalue weighted by Gasteiger charge is -2.43. The number of nitrogens with one attached hydrogen (secondary N) is 1. The van der Waals surface area contributed by atoms with E-state index in [0.717, 1.165) is 54.9 Å². The molecular weight excluding hydrogens is 438 g/mol. The van der Waals surface area contributed by atoms with E-state index in [-0.39, 0.29) is 17.1 Å². The fourth-order valence-electron chi connectivity index (χ4n) is 5.80. The van der Waals surface area contributed by atoms with Crippen LogP contribution in [0.3, 0.4) is 0 Å². The van der Waals surface area contributed by atoms with Gasteiger partial charge in [0.15, 0.2) is 5.82 Å². The molecule has 2 aromatic heterocycles. The van der Waals surface area contributed by atoms with Crippen LogP contribution in [0, 0.1) is 6.92 Å². The minimum Gasteiger partial charge on any atom is -0.322 e. The summed E-state index contributed by atoms with van der Waals surface area (Å²) in [5.74, 6) is 0.750. The highest BCUT2D eigenvalue weighted by atomic mass is 16.1. The Morgan fingerprint density at radius 3 is 2.54 bits per heavy atom. The van der Waals surface area contributed by atoms with Gasteiger partial charge < -0.3 is 4.98 Å². The normalized spacial score (nSPS) is 19.9. The topological polar surface area (TPSA) is 82.9 Å². The van der Waals surface area contributed by atoms with E-state index in [1.165, 1.54) is 37.7 Å². The number of hydrogen-bond acceptors (Lipinski definition) is 6. The second-order valence-electron chi connectivity index (χ2n) is 11.0. The monoisotopic (exact) mass is 477 g/mol. The molecule has 0 amide bonds. The second kappa shape index (κ2) is 9.82. The summed E-state index contributed by atoms with van der Waals surface area (Å²) in [4.78, 5) is 21.7. The summed E-state index contributed by atoms with van der Waals surface area (Å²) in [5.41, 5.74) is 2.44. The van der Waals surface area contributed by atoms with Crippen LogP contribution in [0.15, 0.2) is 29.1 Å². The van der Waals surface area contributed by atoms with Crippen molar-refractivity contribution in [3.05, 3.63) is 51.6 Å². The fraction of sp³-hybridized carbons (Fsp3) is 0.630. The Bertz CT molecular complexity index is 1220. The molecule has 1 saturated heterocycles. The Hall–Kier alpha value is -2.58. The molecule has 0 unspecified atom stereocenters. The van der Waals surface area contributed by atoms with Crippen molar-refractivity contribution in [2.24, 2.45) is 0 Å². The molecule has 0 radical (unpaired) electrons. The predicted octanol–water partition coefficient (Wildman–Crippen LogP) is 4.01. The lowest BCUT2D eigenvalue weighted by molar-refractivity contribution is 0.0603. The molecule has 8 heteroatoms. The molecule has 1 aliphatic heterocycles. The van der Waals surface area contributed by atoms with Crippen molar-refractivity contribution in [3.63, 3.8) is 0 Å². The number of pyridine rings is 1. The third kappa shape index (κ3) is 4.78. The molecular formula is C27H39N7O. The van der Waals surface area contributed by atoms with E-state index < -0.39 is 0 Å². The average molecular weight is 478 g/mol. The van der Waals surface area contributed by atoms with Crippen LogP contribution < -0.4 is 5.56 Å². The summed E-state index contributed by atoms with van der Waals surface area (Å²) in [6, 6.07) is 8.62. The van der Waals surface area contributed by atoms with Crippen molar-refractivity contribution < 1.29 is 0 Å². The molecule has 1 N–H and O–H groups in total. The maximum absolute atomic E-state index is 13.5. The molecule has 1 aromatic carbocycles. The molecule has 3 heterocycles. The molecule has 8 nitrogen and oxygen atoms in total. The summed E-state index contributed by atoms with van der Waals surface area (Å²) in [6.45, 7) is 12.4. The molecule has 0 spiro atoms. The van der Waals surface area contributed by atoms with Crippen LogP contribution in [0.25, 0.3) is 10.9 Å². The van der Waals surface area contributed by atoms with Crippen molar-refractivity contribution in [2.75, 3.05) is 26.2 Å². The first kappa shape index (κ1) is 24.1. The zero-order chi connectivity index (χ0) is 24.6.